The van der Waals surface area contributed by atoms with Gasteiger partial charge in [0.25, 0.3) is 0 Å². The van der Waals surface area contributed by atoms with E-state index in [0.29, 0.717) is 23.2 Å². The van der Waals surface area contributed by atoms with E-state index in [9.17, 15) is 4.79 Å². The second-order valence-corrected chi connectivity index (χ2v) is 6.10. The molecule has 0 saturated heterocycles. The molecule has 122 valence electrons. The van der Waals surface area contributed by atoms with E-state index in [1.54, 1.807) is 38.7 Å². The van der Waals surface area contributed by atoms with E-state index in [1.165, 1.54) is 11.8 Å². The summed E-state index contributed by atoms with van der Waals surface area (Å²) >= 11 is 1.39. The number of hydrogen-bond acceptors (Lipinski definition) is 6. The van der Waals surface area contributed by atoms with Gasteiger partial charge in [-0.15, -0.1) is 10.2 Å². The number of nitrogens with one attached hydrogen (secondary N) is 1. The first-order valence-corrected chi connectivity index (χ1v) is 8.24. The summed E-state index contributed by atoms with van der Waals surface area (Å²) in [5.41, 5.74) is 0.664. The highest BCUT2D eigenvalue weighted by molar-refractivity contribution is 7.99. The summed E-state index contributed by atoms with van der Waals surface area (Å²) < 4.78 is 12.4. The molecule has 1 N–H and O–H groups in total. The van der Waals surface area contributed by atoms with Crippen molar-refractivity contribution in [2.75, 3.05) is 25.3 Å². The Bertz CT molecular complexity index is 700. The largest absolute Gasteiger partial charge is 0.493 e. The number of benzene rings is 1. The maximum absolute atomic E-state index is 12.1. The third-order valence-corrected chi connectivity index (χ3v) is 4.44. The molecule has 0 atom stereocenters. The van der Waals surface area contributed by atoms with Crippen LogP contribution in [0.3, 0.4) is 0 Å². The number of anilines is 1. The molecule has 2 aromatic rings. The Labute approximate surface area is 138 Å². The van der Waals surface area contributed by atoms with Gasteiger partial charge in [0.1, 0.15) is 6.33 Å². The van der Waals surface area contributed by atoms with E-state index >= 15 is 0 Å². The van der Waals surface area contributed by atoms with Crippen molar-refractivity contribution in [1.82, 2.24) is 14.8 Å². The van der Waals surface area contributed by atoms with Crippen LogP contribution in [-0.2, 0) is 4.79 Å². The molecule has 1 aromatic carbocycles. The van der Waals surface area contributed by atoms with E-state index in [1.807, 2.05) is 4.57 Å². The van der Waals surface area contributed by atoms with Crippen molar-refractivity contribution in [3.05, 3.63) is 24.5 Å². The van der Waals surface area contributed by atoms with E-state index in [0.717, 1.165) is 18.0 Å². The van der Waals surface area contributed by atoms with Crippen molar-refractivity contribution in [2.24, 2.45) is 0 Å². The van der Waals surface area contributed by atoms with Gasteiger partial charge < -0.3 is 19.4 Å². The van der Waals surface area contributed by atoms with Gasteiger partial charge in [0, 0.05) is 17.8 Å². The van der Waals surface area contributed by atoms with Crippen LogP contribution >= 0.6 is 11.8 Å². The number of amides is 1. The van der Waals surface area contributed by atoms with E-state index in [-0.39, 0.29) is 11.7 Å². The summed E-state index contributed by atoms with van der Waals surface area (Å²) in [6.45, 7) is 0. The minimum absolute atomic E-state index is 0.104. The molecule has 8 heteroatoms. The van der Waals surface area contributed by atoms with E-state index < -0.39 is 0 Å². The van der Waals surface area contributed by atoms with Crippen molar-refractivity contribution in [2.45, 2.75) is 24.0 Å². The quantitative estimate of drug-likeness (QED) is 0.783. The van der Waals surface area contributed by atoms with Crippen LogP contribution in [0, 0.1) is 0 Å². The zero-order valence-electron chi connectivity index (χ0n) is 13.0. The number of thioether (sulfide) groups is 1. The third kappa shape index (κ3) is 3.76. The van der Waals surface area contributed by atoms with Gasteiger partial charge in [-0.05, 0) is 25.0 Å². The van der Waals surface area contributed by atoms with Gasteiger partial charge in [0.05, 0.1) is 20.0 Å². The first kappa shape index (κ1) is 15.7. The van der Waals surface area contributed by atoms with Gasteiger partial charge in [-0.2, -0.15) is 0 Å². The fraction of sp³-hybridized carbons (Fsp3) is 0.400. The van der Waals surface area contributed by atoms with Gasteiger partial charge in [-0.1, -0.05) is 11.8 Å². The molecular formula is C15H18N4O3S. The maximum atomic E-state index is 12.1. The average Bonchev–Trinajstić information content (AvgIpc) is 3.31. The van der Waals surface area contributed by atoms with Crippen molar-refractivity contribution >= 4 is 23.4 Å². The normalized spacial score (nSPS) is 13.7. The highest BCUT2D eigenvalue weighted by Gasteiger charge is 2.26. The number of ether oxygens (including phenoxy) is 2. The molecule has 23 heavy (non-hydrogen) atoms. The zero-order chi connectivity index (χ0) is 16.2. The standard InChI is InChI=1S/C15H18N4O3S/c1-21-12-6-3-10(7-13(12)22-2)17-14(20)8-23-15-18-16-9-19(15)11-4-5-11/h3,6-7,9,11H,4-5,8H2,1-2H3,(H,17,20). The monoisotopic (exact) mass is 334 g/mol. The molecule has 0 aliphatic heterocycles. The Balaban J connectivity index is 1.57. The third-order valence-electron chi connectivity index (χ3n) is 3.48. The molecule has 1 heterocycles. The lowest BCUT2D eigenvalue weighted by Crippen LogP contribution is -2.14. The Kier molecular flexibility index (Phi) is 4.71. The Morgan fingerprint density at radius 3 is 2.83 bits per heavy atom. The summed E-state index contributed by atoms with van der Waals surface area (Å²) in [6.07, 6.45) is 4.04. The SMILES string of the molecule is COc1ccc(NC(=O)CSc2nncn2C2CC2)cc1OC. The zero-order valence-corrected chi connectivity index (χ0v) is 13.8. The number of rotatable bonds is 7. The van der Waals surface area contributed by atoms with E-state index in [4.69, 9.17) is 9.47 Å². The van der Waals surface area contributed by atoms with Crippen LogP contribution in [0.2, 0.25) is 0 Å². The van der Waals surface area contributed by atoms with E-state index in [2.05, 4.69) is 15.5 Å². The van der Waals surface area contributed by atoms with Gasteiger partial charge in [0.2, 0.25) is 5.91 Å². The number of nitrogens with zero attached hydrogens (tertiary/aromatic N) is 3. The fourth-order valence-electron chi connectivity index (χ4n) is 2.18. The Hall–Kier alpha value is -2.22. The average molecular weight is 334 g/mol. The first-order chi connectivity index (χ1) is 11.2. The second kappa shape index (κ2) is 6.91. The molecule has 0 bridgehead atoms. The van der Waals surface area contributed by atoms with Crippen molar-refractivity contribution in [3.8, 4) is 11.5 Å². The van der Waals surface area contributed by atoms with Crippen LogP contribution in [-0.4, -0.2) is 40.6 Å². The summed E-state index contributed by atoms with van der Waals surface area (Å²) in [6, 6.07) is 5.76. The van der Waals surface area contributed by atoms with Gasteiger partial charge in [-0.25, -0.2) is 0 Å². The molecule has 0 unspecified atom stereocenters. The molecule has 1 aliphatic rings. The lowest BCUT2D eigenvalue weighted by molar-refractivity contribution is -0.113. The van der Waals surface area contributed by atoms with Crippen molar-refractivity contribution < 1.29 is 14.3 Å². The van der Waals surface area contributed by atoms with Crippen LogP contribution < -0.4 is 14.8 Å². The number of hydrogen-bond donors (Lipinski definition) is 1. The molecule has 1 aromatic heterocycles. The Morgan fingerprint density at radius 1 is 1.35 bits per heavy atom. The molecule has 3 rings (SSSR count). The van der Waals surface area contributed by atoms with Crippen molar-refractivity contribution in [1.29, 1.82) is 0 Å². The van der Waals surface area contributed by atoms with Crippen LogP contribution in [0.4, 0.5) is 5.69 Å². The predicted octanol–water partition coefficient (Wildman–Crippen LogP) is 2.36. The summed E-state index contributed by atoms with van der Waals surface area (Å²) in [7, 11) is 3.13. The Morgan fingerprint density at radius 2 is 2.13 bits per heavy atom. The second-order valence-electron chi connectivity index (χ2n) is 5.16. The number of methoxy groups -OCH3 is 2. The smallest absolute Gasteiger partial charge is 0.234 e. The molecular weight excluding hydrogens is 316 g/mol. The van der Waals surface area contributed by atoms with Crippen LogP contribution in [0.15, 0.2) is 29.7 Å². The highest BCUT2D eigenvalue weighted by atomic mass is 32.2. The molecule has 1 fully saturated rings. The van der Waals surface area contributed by atoms with Gasteiger partial charge >= 0.3 is 0 Å². The number of aromatic nitrogens is 3. The number of carbonyl (C=O) groups excluding carboxylic acids is 1. The number of carbonyl (C=O) groups is 1. The van der Waals surface area contributed by atoms with Crippen LogP contribution in [0.1, 0.15) is 18.9 Å². The van der Waals surface area contributed by atoms with Crippen molar-refractivity contribution in [3.63, 3.8) is 0 Å². The lowest BCUT2D eigenvalue weighted by Gasteiger charge is -2.10. The summed E-state index contributed by atoms with van der Waals surface area (Å²) in [5.74, 6) is 1.37. The van der Waals surface area contributed by atoms with Crippen LogP contribution in [0.25, 0.3) is 0 Å². The molecule has 0 spiro atoms. The van der Waals surface area contributed by atoms with Gasteiger partial charge in [0.15, 0.2) is 16.7 Å². The maximum Gasteiger partial charge on any atom is 0.234 e. The molecule has 0 radical (unpaired) electrons. The highest BCUT2D eigenvalue weighted by Crippen LogP contribution is 2.37. The fourth-order valence-corrected chi connectivity index (χ4v) is 2.96. The summed E-state index contributed by atoms with van der Waals surface area (Å²) in [5, 5.41) is 11.6. The minimum atomic E-state index is -0.104. The first-order valence-electron chi connectivity index (χ1n) is 7.25. The molecule has 7 nitrogen and oxygen atoms in total. The predicted molar refractivity (Wildman–Crippen MR) is 87.2 cm³/mol. The molecule has 1 aliphatic carbocycles. The molecule has 1 amide bonds. The van der Waals surface area contributed by atoms with Crippen LogP contribution in [0.5, 0.6) is 11.5 Å². The minimum Gasteiger partial charge on any atom is -0.493 e. The topological polar surface area (TPSA) is 78.3 Å². The lowest BCUT2D eigenvalue weighted by atomic mass is 10.2. The van der Waals surface area contributed by atoms with Gasteiger partial charge in [-0.3, -0.25) is 4.79 Å². The summed E-state index contributed by atoms with van der Waals surface area (Å²) in [4.78, 5) is 12.1. The molecule has 1 saturated carbocycles.